The molecule has 0 saturated carbocycles. The van der Waals surface area contributed by atoms with Gasteiger partial charge in [-0.25, -0.2) is 0 Å². The van der Waals surface area contributed by atoms with Crippen molar-refractivity contribution in [1.29, 1.82) is 0 Å². The molecule has 2 heterocycles. The molecular formula is C15H18BrF3N6O2. The van der Waals surface area contributed by atoms with Crippen LogP contribution in [0.3, 0.4) is 0 Å². The molecule has 0 fully saturated rings. The third-order valence-electron chi connectivity index (χ3n) is 3.72. The van der Waals surface area contributed by atoms with E-state index < -0.39 is 24.3 Å². The van der Waals surface area contributed by atoms with Crippen LogP contribution in [0.1, 0.15) is 28.8 Å². The van der Waals surface area contributed by atoms with E-state index in [4.69, 9.17) is 0 Å². The van der Waals surface area contributed by atoms with Crippen LogP contribution in [0.15, 0.2) is 10.7 Å². The van der Waals surface area contributed by atoms with E-state index in [0.717, 1.165) is 4.68 Å². The molecule has 0 spiro atoms. The second kappa shape index (κ2) is 7.71. The van der Waals surface area contributed by atoms with Gasteiger partial charge in [-0.1, -0.05) is 0 Å². The van der Waals surface area contributed by atoms with Gasteiger partial charge in [-0.05, 0) is 29.8 Å². The van der Waals surface area contributed by atoms with Crippen molar-refractivity contribution in [2.24, 2.45) is 0 Å². The van der Waals surface area contributed by atoms with E-state index in [2.05, 4.69) is 31.4 Å². The molecule has 2 aromatic rings. The molecule has 8 nitrogen and oxygen atoms in total. The Morgan fingerprint density at radius 1 is 1.30 bits per heavy atom. The van der Waals surface area contributed by atoms with Crippen LogP contribution in [0.2, 0.25) is 0 Å². The summed E-state index contributed by atoms with van der Waals surface area (Å²) in [5, 5.41) is 10.0. The number of rotatable bonds is 5. The second-order valence-corrected chi connectivity index (χ2v) is 6.67. The van der Waals surface area contributed by atoms with Gasteiger partial charge in [0.1, 0.15) is 12.2 Å². The fraction of sp³-hybridized carbons (Fsp3) is 0.467. The van der Waals surface area contributed by atoms with Crippen molar-refractivity contribution in [3.05, 3.63) is 27.8 Å². The first-order valence-corrected chi connectivity index (χ1v) is 8.64. The number of halogens is 4. The van der Waals surface area contributed by atoms with E-state index in [0.29, 0.717) is 6.54 Å². The predicted molar refractivity (Wildman–Crippen MR) is 94.2 cm³/mol. The summed E-state index contributed by atoms with van der Waals surface area (Å²) in [6, 6.07) is 0. The molecule has 27 heavy (non-hydrogen) atoms. The molecule has 0 radical (unpaired) electrons. The van der Waals surface area contributed by atoms with Gasteiger partial charge >= 0.3 is 6.18 Å². The van der Waals surface area contributed by atoms with E-state index in [-0.39, 0.29) is 27.5 Å². The number of nitrogens with one attached hydrogen (secondary N) is 1. The van der Waals surface area contributed by atoms with Crippen LogP contribution in [0, 0.1) is 6.92 Å². The van der Waals surface area contributed by atoms with E-state index in [1.807, 2.05) is 0 Å². The molecule has 0 aromatic carbocycles. The highest BCUT2D eigenvalue weighted by Gasteiger charge is 2.38. The molecule has 1 N–H and O–H groups in total. The first-order valence-electron chi connectivity index (χ1n) is 7.84. The highest BCUT2D eigenvalue weighted by atomic mass is 79.9. The van der Waals surface area contributed by atoms with Crippen molar-refractivity contribution in [1.82, 2.24) is 24.5 Å². The zero-order chi connectivity index (χ0) is 20.5. The maximum atomic E-state index is 12.9. The number of nitrogens with zero attached hydrogens (tertiary/aromatic N) is 5. The van der Waals surface area contributed by atoms with Crippen molar-refractivity contribution in [3.8, 4) is 0 Å². The number of aryl methyl sites for hydroxylation is 1. The van der Waals surface area contributed by atoms with Crippen LogP contribution in [0.4, 0.5) is 18.9 Å². The summed E-state index contributed by atoms with van der Waals surface area (Å²) in [6.45, 7) is 3.16. The predicted octanol–water partition coefficient (Wildman–Crippen LogP) is 2.53. The minimum Gasteiger partial charge on any atom is -0.343 e. The van der Waals surface area contributed by atoms with Crippen LogP contribution < -0.4 is 5.32 Å². The van der Waals surface area contributed by atoms with Gasteiger partial charge in [0.2, 0.25) is 5.91 Å². The molecule has 0 saturated heterocycles. The minimum absolute atomic E-state index is 0.159. The summed E-state index contributed by atoms with van der Waals surface area (Å²) in [4.78, 5) is 26.0. The first-order chi connectivity index (χ1) is 12.5. The monoisotopic (exact) mass is 450 g/mol. The van der Waals surface area contributed by atoms with Crippen LogP contribution in [-0.4, -0.2) is 50.4 Å². The third kappa shape index (κ3) is 4.31. The lowest BCUT2D eigenvalue weighted by molar-refractivity contribution is -0.142. The van der Waals surface area contributed by atoms with E-state index in [1.54, 1.807) is 21.0 Å². The summed E-state index contributed by atoms with van der Waals surface area (Å²) in [7, 11) is 3.12. The molecule has 2 amide bonds. The largest absolute Gasteiger partial charge is 0.436 e. The molecule has 0 bridgehead atoms. The average Bonchev–Trinajstić information content (AvgIpc) is 3.09. The maximum absolute atomic E-state index is 12.9. The van der Waals surface area contributed by atoms with Crippen molar-refractivity contribution < 1.29 is 22.8 Å². The maximum Gasteiger partial charge on any atom is 0.436 e. The Morgan fingerprint density at radius 3 is 2.41 bits per heavy atom. The van der Waals surface area contributed by atoms with Crippen molar-refractivity contribution in [3.63, 3.8) is 0 Å². The lowest BCUT2D eigenvalue weighted by Gasteiger charge is -2.13. The summed E-state index contributed by atoms with van der Waals surface area (Å²) in [5.41, 5.74) is -0.577. The van der Waals surface area contributed by atoms with Crippen LogP contribution in [-0.2, 0) is 24.1 Å². The van der Waals surface area contributed by atoms with Crippen LogP contribution in [0.5, 0.6) is 0 Å². The molecular weight excluding hydrogens is 433 g/mol. The van der Waals surface area contributed by atoms with Crippen molar-refractivity contribution >= 4 is 33.4 Å². The zero-order valence-electron chi connectivity index (χ0n) is 15.1. The summed E-state index contributed by atoms with van der Waals surface area (Å²) >= 11 is 2.85. The lowest BCUT2D eigenvalue weighted by Crippen LogP contribution is -2.27. The quantitative estimate of drug-likeness (QED) is 0.758. The molecule has 0 aliphatic rings. The Hall–Kier alpha value is -2.37. The van der Waals surface area contributed by atoms with Gasteiger partial charge in [0.15, 0.2) is 5.69 Å². The Morgan fingerprint density at radius 2 is 1.93 bits per heavy atom. The number of alkyl halides is 3. The topological polar surface area (TPSA) is 85.0 Å². The van der Waals surface area contributed by atoms with E-state index in [1.165, 1.54) is 22.7 Å². The van der Waals surface area contributed by atoms with E-state index >= 15 is 0 Å². The number of carbonyl (C=O) groups is 2. The van der Waals surface area contributed by atoms with Gasteiger partial charge in [-0.15, -0.1) is 0 Å². The lowest BCUT2D eigenvalue weighted by atomic mass is 10.3. The Labute approximate surface area is 161 Å². The zero-order valence-corrected chi connectivity index (χ0v) is 16.6. The molecule has 0 aliphatic carbocycles. The molecule has 0 aliphatic heterocycles. The Balaban J connectivity index is 2.25. The normalized spacial score (nSPS) is 11.6. The summed E-state index contributed by atoms with van der Waals surface area (Å²) < 4.78 is 40.9. The van der Waals surface area contributed by atoms with Gasteiger partial charge in [0.05, 0.1) is 22.1 Å². The second-order valence-electron chi connectivity index (χ2n) is 5.87. The number of hydrogen-bond donors (Lipinski definition) is 1. The summed E-state index contributed by atoms with van der Waals surface area (Å²) in [5.74, 6) is -0.993. The minimum atomic E-state index is -4.64. The van der Waals surface area contributed by atoms with Crippen molar-refractivity contribution in [2.75, 3.05) is 19.4 Å². The molecule has 148 valence electrons. The van der Waals surface area contributed by atoms with E-state index in [9.17, 15) is 22.8 Å². The molecule has 0 unspecified atom stereocenters. The highest BCUT2D eigenvalue weighted by molar-refractivity contribution is 9.10. The van der Waals surface area contributed by atoms with Gasteiger partial charge in [-0.3, -0.25) is 19.0 Å². The average molecular weight is 451 g/mol. The molecule has 0 atom stereocenters. The number of carbonyl (C=O) groups excluding carboxylic acids is 2. The number of anilines is 1. The third-order valence-corrected chi connectivity index (χ3v) is 4.67. The number of amides is 2. The smallest absolute Gasteiger partial charge is 0.343 e. The summed E-state index contributed by atoms with van der Waals surface area (Å²) in [6.07, 6.45) is -3.32. The number of hydrogen-bond acceptors (Lipinski definition) is 4. The van der Waals surface area contributed by atoms with Gasteiger partial charge in [0.25, 0.3) is 5.91 Å². The standard InChI is InChI=1S/C15H18BrF3N6O2/c1-5-24-12(14(27)23(3)4)9(6-20-24)21-10(26)7-25-8(2)11(16)13(22-25)15(17,18)19/h6H,5,7H2,1-4H3,(H,21,26). The van der Waals surface area contributed by atoms with Crippen LogP contribution in [0.25, 0.3) is 0 Å². The van der Waals surface area contributed by atoms with Crippen molar-refractivity contribution in [2.45, 2.75) is 33.1 Å². The number of aromatic nitrogens is 4. The molecule has 12 heteroatoms. The highest BCUT2D eigenvalue weighted by Crippen LogP contribution is 2.35. The van der Waals surface area contributed by atoms with Gasteiger partial charge in [-0.2, -0.15) is 23.4 Å². The first kappa shape index (κ1) is 20.9. The van der Waals surface area contributed by atoms with Crippen LogP contribution >= 0.6 is 15.9 Å². The fourth-order valence-corrected chi connectivity index (χ4v) is 2.85. The fourth-order valence-electron chi connectivity index (χ4n) is 2.34. The molecule has 2 aromatic heterocycles. The molecule has 2 rings (SSSR count). The Kier molecular flexibility index (Phi) is 5.97. The Bertz CT molecular complexity index is 872. The van der Waals surface area contributed by atoms with Gasteiger partial charge in [0, 0.05) is 20.6 Å². The SMILES string of the molecule is CCn1ncc(NC(=O)Cn2nc(C(F)(F)F)c(Br)c2C)c1C(=O)N(C)C. The van der Waals surface area contributed by atoms with Gasteiger partial charge < -0.3 is 10.2 Å².